The predicted molar refractivity (Wildman–Crippen MR) is 86.4 cm³/mol. The number of hydrogen-bond donors (Lipinski definition) is 1. The molecule has 0 atom stereocenters. The van der Waals surface area contributed by atoms with E-state index in [1.165, 1.54) is 57.8 Å². The Morgan fingerprint density at radius 1 is 0.842 bits per heavy atom. The summed E-state index contributed by atoms with van der Waals surface area (Å²) in [5.41, 5.74) is 0. The summed E-state index contributed by atoms with van der Waals surface area (Å²) in [7, 11) is 0. The van der Waals surface area contributed by atoms with Crippen molar-refractivity contribution in [2.45, 2.75) is 84.0 Å². The number of allylic oxidation sites excluding steroid dienone is 2. The van der Waals surface area contributed by atoms with Gasteiger partial charge in [0.1, 0.15) is 0 Å². The third-order valence-electron chi connectivity index (χ3n) is 3.15. The third kappa shape index (κ3) is 20.6. The Hall–Kier alpha value is 0.132. The van der Waals surface area contributed by atoms with Crippen molar-refractivity contribution in [1.29, 1.82) is 0 Å². The average molecular weight is 464 g/mol. The summed E-state index contributed by atoms with van der Waals surface area (Å²) in [6.07, 6.45) is 18.3. The van der Waals surface area contributed by atoms with Gasteiger partial charge in [-0.2, -0.15) is 0 Å². The van der Waals surface area contributed by atoms with Crippen LogP contribution in [0.25, 0.3) is 0 Å². The van der Waals surface area contributed by atoms with Gasteiger partial charge in [0.2, 0.25) is 0 Å². The number of aliphatic carboxylic acids is 1. The number of hydrogen-bond acceptors (Lipinski definition) is 1. The molecule has 2 nitrogen and oxygen atoms in total. The van der Waals surface area contributed by atoms with Gasteiger partial charge >= 0.3 is 33.3 Å². The molecule has 0 aromatic rings. The van der Waals surface area contributed by atoms with Gasteiger partial charge < -0.3 is 5.11 Å². The van der Waals surface area contributed by atoms with Crippen molar-refractivity contribution >= 4 is 33.3 Å². The first kappa shape index (κ1) is 21.4. The fraction of sp³-hybridized carbons (Fsp3) is 0.812. The van der Waals surface area contributed by atoms with Gasteiger partial charge in [-0.1, -0.05) is 57.6 Å². The van der Waals surface area contributed by atoms with Crippen LogP contribution < -0.4 is 0 Å². The van der Waals surface area contributed by atoms with E-state index < -0.39 is 5.97 Å². The topological polar surface area (TPSA) is 37.3 Å². The molecule has 1 N–H and O–H groups in total. The number of carboxylic acids is 1. The molecule has 0 rings (SSSR count). The van der Waals surface area contributed by atoms with E-state index in [9.17, 15) is 4.79 Å². The maximum atomic E-state index is 10.3. The van der Waals surface area contributed by atoms with Crippen molar-refractivity contribution in [2.24, 2.45) is 0 Å². The summed E-state index contributed by atoms with van der Waals surface area (Å²) in [4.78, 5) is 10.3. The van der Waals surface area contributed by atoms with Gasteiger partial charge in [-0.15, -0.1) is 0 Å². The molecule has 0 saturated heterocycles. The molecule has 2 radical (unpaired) electrons. The molecule has 0 aliphatic heterocycles. The van der Waals surface area contributed by atoms with E-state index in [0.717, 1.165) is 12.8 Å². The third-order valence-corrected chi connectivity index (χ3v) is 3.15. The minimum absolute atomic E-state index is 0. The molecule has 0 aliphatic carbocycles. The summed E-state index contributed by atoms with van der Waals surface area (Å²) in [5.74, 6) is -0.666. The Morgan fingerprint density at radius 3 is 1.84 bits per heavy atom. The fourth-order valence-electron chi connectivity index (χ4n) is 1.99. The van der Waals surface area contributed by atoms with Gasteiger partial charge in [0.15, 0.2) is 0 Å². The normalized spacial score (nSPS) is 10.6. The van der Waals surface area contributed by atoms with Gasteiger partial charge in [0.25, 0.3) is 0 Å². The molecule has 0 aliphatic rings. The first-order valence-electron chi connectivity index (χ1n) is 7.64. The van der Waals surface area contributed by atoms with Crippen LogP contribution >= 0.6 is 0 Å². The Bertz CT molecular complexity index is 215. The minimum atomic E-state index is -0.666. The fourth-order valence-corrected chi connectivity index (χ4v) is 1.99. The van der Waals surface area contributed by atoms with Crippen LogP contribution in [0.2, 0.25) is 0 Å². The summed E-state index contributed by atoms with van der Waals surface area (Å²) < 4.78 is 0. The molecule has 0 unspecified atom stereocenters. The van der Waals surface area contributed by atoms with Gasteiger partial charge in [0.05, 0.1) is 0 Å². The summed E-state index contributed by atoms with van der Waals surface area (Å²) >= 11 is 0. The molecule has 0 aromatic heterocycles. The number of unbranched alkanes of at least 4 members (excludes halogenated alkanes) is 9. The molecule has 112 valence electrons. The van der Waals surface area contributed by atoms with Gasteiger partial charge in [0, 0.05) is 6.42 Å². The van der Waals surface area contributed by atoms with Crippen molar-refractivity contribution in [2.75, 3.05) is 0 Å². The summed E-state index contributed by atoms with van der Waals surface area (Å²) in [6.45, 7) is 2.24. The van der Waals surface area contributed by atoms with E-state index in [4.69, 9.17) is 5.11 Å². The zero-order valence-electron chi connectivity index (χ0n) is 12.7. The van der Waals surface area contributed by atoms with Crippen LogP contribution in [0.3, 0.4) is 0 Å². The number of rotatable bonds is 13. The Balaban J connectivity index is 0. The molecule has 0 heterocycles. The van der Waals surface area contributed by atoms with Crippen LogP contribution in [-0.4, -0.2) is 38.4 Å². The van der Waals surface area contributed by atoms with E-state index in [1.807, 2.05) is 0 Å². The van der Waals surface area contributed by atoms with Crippen molar-refractivity contribution < 1.29 is 9.90 Å². The maximum absolute atomic E-state index is 10.3. The first-order chi connectivity index (χ1) is 8.77. The van der Waals surface area contributed by atoms with Crippen LogP contribution in [-0.2, 0) is 4.79 Å². The predicted octanol–water partition coefficient (Wildman–Crippen LogP) is 4.41. The zero-order chi connectivity index (χ0) is 13.5. The molecular formula is C16H32O2Pb. The van der Waals surface area contributed by atoms with E-state index in [0.29, 0.717) is 6.42 Å². The number of carboxylic acid groups (broad SMARTS) is 1. The second kappa shape index (κ2) is 18.1. The Labute approximate surface area is 139 Å². The van der Waals surface area contributed by atoms with E-state index in [2.05, 4.69) is 19.1 Å². The van der Waals surface area contributed by atoms with Crippen LogP contribution in [0.1, 0.15) is 84.0 Å². The van der Waals surface area contributed by atoms with E-state index >= 15 is 0 Å². The molecular weight excluding hydrogens is 431 g/mol. The molecule has 3 heteroatoms. The Morgan fingerprint density at radius 2 is 1.32 bits per heavy atom. The van der Waals surface area contributed by atoms with Gasteiger partial charge in [-0.3, -0.25) is 4.79 Å². The van der Waals surface area contributed by atoms with Crippen molar-refractivity contribution in [3.05, 3.63) is 12.2 Å². The van der Waals surface area contributed by atoms with E-state index in [1.54, 1.807) is 0 Å². The van der Waals surface area contributed by atoms with Crippen molar-refractivity contribution in [3.8, 4) is 0 Å². The molecule has 0 spiro atoms. The first-order valence-corrected chi connectivity index (χ1v) is 7.64. The Kier molecular flexibility index (Phi) is 20.5. The SMILES string of the molecule is CCCCCCC=CCCCCCCCC(=O)O.[PbH2]. The monoisotopic (exact) mass is 464 g/mol. The zero-order valence-corrected chi connectivity index (χ0v) is 18.2. The second-order valence-corrected chi connectivity index (χ2v) is 5.02. The van der Waals surface area contributed by atoms with Crippen LogP contribution in [0.15, 0.2) is 12.2 Å². The average Bonchev–Trinajstić information content (AvgIpc) is 2.34. The summed E-state index contributed by atoms with van der Waals surface area (Å²) in [6, 6.07) is 0. The van der Waals surface area contributed by atoms with Crippen LogP contribution in [0, 0.1) is 0 Å². The molecule has 0 aromatic carbocycles. The molecule has 0 fully saturated rings. The molecule has 0 amide bonds. The quantitative estimate of drug-likeness (QED) is 0.250. The van der Waals surface area contributed by atoms with Crippen molar-refractivity contribution in [3.63, 3.8) is 0 Å². The molecule has 0 saturated carbocycles. The van der Waals surface area contributed by atoms with Gasteiger partial charge in [-0.05, 0) is 32.1 Å². The van der Waals surface area contributed by atoms with E-state index in [-0.39, 0.29) is 27.3 Å². The second-order valence-electron chi connectivity index (χ2n) is 5.02. The molecule has 19 heavy (non-hydrogen) atoms. The van der Waals surface area contributed by atoms with Crippen LogP contribution in [0.4, 0.5) is 0 Å². The standard InChI is InChI=1S/C16H30O2.Pb.2H/c1-2-3-4-5-6-7-8-9-10-11-12-13-14-15-16(17)18;;;/h7-8H,2-6,9-15H2,1H3,(H,17,18);;;. The number of carbonyl (C=O) groups is 1. The van der Waals surface area contributed by atoms with Crippen molar-refractivity contribution in [1.82, 2.24) is 0 Å². The van der Waals surface area contributed by atoms with Crippen LogP contribution in [0.5, 0.6) is 0 Å². The summed E-state index contributed by atoms with van der Waals surface area (Å²) in [5, 5.41) is 8.48. The molecule has 0 bridgehead atoms. The van der Waals surface area contributed by atoms with Gasteiger partial charge in [-0.25, -0.2) is 0 Å².